The lowest BCUT2D eigenvalue weighted by atomic mass is 10.2. The number of furan rings is 1. The van der Waals surface area contributed by atoms with Crippen molar-refractivity contribution in [3.8, 4) is 11.5 Å². The zero-order valence-corrected chi connectivity index (χ0v) is 9.29. The average Bonchev–Trinajstić information content (AvgIpc) is 2.65. The van der Waals surface area contributed by atoms with Crippen LogP contribution in [0, 0.1) is 0 Å². The molecule has 0 unspecified atom stereocenters. The number of aromatic carboxylic acids is 1. The molecular formula is C10H5Cl2NO3. The average molecular weight is 258 g/mol. The van der Waals surface area contributed by atoms with Crippen LogP contribution in [0.25, 0.3) is 11.5 Å². The van der Waals surface area contributed by atoms with Crippen LogP contribution in [0.4, 0.5) is 0 Å². The van der Waals surface area contributed by atoms with E-state index in [1.54, 1.807) is 18.2 Å². The van der Waals surface area contributed by atoms with E-state index in [1.807, 2.05) is 0 Å². The summed E-state index contributed by atoms with van der Waals surface area (Å²) in [5, 5.41) is 9.13. The summed E-state index contributed by atoms with van der Waals surface area (Å²) >= 11 is 11.3. The van der Waals surface area contributed by atoms with E-state index >= 15 is 0 Å². The van der Waals surface area contributed by atoms with Crippen molar-refractivity contribution in [2.75, 3.05) is 0 Å². The Labute approximate surface area is 100 Å². The minimum Gasteiger partial charge on any atom is -0.476 e. The van der Waals surface area contributed by atoms with Crippen molar-refractivity contribution >= 4 is 29.2 Å². The van der Waals surface area contributed by atoms with Gasteiger partial charge in [0.05, 0.1) is 5.02 Å². The zero-order chi connectivity index (χ0) is 11.7. The Morgan fingerprint density at radius 3 is 2.56 bits per heavy atom. The van der Waals surface area contributed by atoms with Crippen molar-refractivity contribution in [2.45, 2.75) is 0 Å². The number of carbonyl (C=O) groups is 1. The highest BCUT2D eigenvalue weighted by atomic mass is 35.5. The minimum absolute atomic E-state index is 0.0777. The largest absolute Gasteiger partial charge is 0.476 e. The number of nitrogens with zero attached hydrogens (tertiary/aromatic N) is 1. The molecule has 0 bridgehead atoms. The molecule has 2 aromatic heterocycles. The van der Waals surface area contributed by atoms with Crippen molar-refractivity contribution in [3.05, 3.63) is 40.2 Å². The zero-order valence-electron chi connectivity index (χ0n) is 7.78. The molecule has 1 N–H and O–H groups in total. The van der Waals surface area contributed by atoms with Crippen molar-refractivity contribution < 1.29 is 14.3 Å². The van der Waals surface area contributed by atoms with Crippen molar-refractivity contribution in [2.24, 2.45) is 0 Å². The maximum atomic E-state index is 10.8. The third-order valence-electron chi connectivity index (χ3n) is 1.87. The molecule has 2 heterocycles. The van der Waals surface area contributed by atoms with Crippen LogP contribution in [0.15, 0.2) is 28.7 Å². The molecule has 0 atom stereocenters. The molecule has 2 rings (SSSR count). The number of aromatic nitrogens is 1. The number of halogens is 2. The van der Waals surface area contributed by atoms with E-state index in [-0.39, 0.29) is 15.9 Å². The summed E-state index contributed by atoms with van der Waals surface area (Å²) in [6.45, 7) is 0. The van der Waals surface area contributed by atoms with Gasteiger partial charge in [0.1, 0.15) is 5.69 Å². The smallest absolute Gasteiger partial charge is 0.356 e. The molecule has 16 heavy (non-hydrogen) atoms. The standard InChI is InChI=1S/C10H5Cl2NO3/c11-5-1-2-6(13-9(5)10(14)15)7-3-4-8(12)16-7/h1-4H,(H,14,15). The molecule has 6 heteroatoms. The Bertz CT molecular complexity index is 551. The Kier molecular flexibility index (Phi) is 2.85. The van der Waals surface area contributed by atoms with Gasteiger partial charge in [-0.3, -0.25) is 0 Å². The van der Waals surface area contributed by atoms with Crippen LogP contribution in [-0.2, 0) is 0 Å². The SMILES string of the molecule is O=C(O)c1nc(-c2ccc(Cl)o2)ccc1Cl. The van der Waals surface area contributed by atoms with Crippen LogP contribution in [0.1, 0.15) is 10.5 Å². The van der Waals surface area contributed by atoms with Gasteiger partial charge in [-0.25, -0.2) is 9.78 Å². The lowest BCUT2D eigenvalue weighted by Gasteiger charge is -2.00. The second kappa shape index (κ2) is 4.15. The summed E-state index contributed by atoms with van der Waals surface area (Å²) in [7, 11) is 0. The fourth-order valence-corrected chi connectivity index (χ4v) is 1.51. The number of hydrogen-bond acceptors (Lipinski definition) is 3. The number of carboxylic acids is 1. The highest BCUT2D eigenvalue weighted by Crippen LogP contribution is 2.25. The predicted octanol–water partition coefficient (Wildman–Crippen LogP) is 3.35. The Morgan fingerprint density at radius 2 is 2.00 bits per heavy atom. The van der Waals surface area contributed by atoms with Gasteiger partial charge in [0.15, 0.2) is 16.7 Å². The highest BCUT2D eigenvalue weighted by Gasteiger charge is 2.13. The van der Waals surface area contributed by atoms with Crippen LogP contribution in [0.5, 0.6) is 0 Å². The van der Waals surface area contributed by atoms with Gasteiger partial charge >= 0.3 is 5.97 Å². The van der Waals surface area contributed by atoms with E-state index in [9.17, 15) is 4.79 Å². The maximum Gasteiger partial charge on any atom is 0.356 e. The van der Waals surface area contributed by atoms with Gasteiger partial charge in [-0.15, -0.1) is 0 Å². The first-order valence-corrected chi connectivity index (χ1v) is 4.99. The molecular weight excluding hydrogens is 253 g/mol. The molecule has 0 radical (unpaired) electrons. The van der Waals surface area contributed by atoms with Crippen LogP contribution >= 0.6 is 23.2 Å². The van der Waals surface area contributed by atoms with Crippen LogP contribution < -0.4 is 0 Å². The molecule has 0 saturated carbocycles. The van der Waals surface area contributed by atoms with E-state index < -0.39 is 5.97 Å². The normalized spacial score (nSPS) is 10.4. The second-order valence-corrected chi connectivity index (χ2v) is 3.72. The fraction of sp³-hybridized carbons (Fsp3) is 0. The summed E-state index contributed by atoms with van der Waals surface area (Å²) < 4.78 is 5.11. The molecule has 4 nitrogen and oxygen atoms in total. The van der Waals surface area contributed by atoms with E-state index in [2.05, 4.69) is 4.98 Å². The van der Waals surface area contributed by atoms with E-state index in [1.165, 1.54) is 6.07 Å². The maximum absolute atomic E-state index is 10.8. The number of pyridine rings is 1. The summed E-state index contributed by atoms with van der Waals surface area (Å²) in [6.07, 6.45) is 0. The molecule has 82 valence electrons. The van der Waals surface area contributed by atoms with E-state index in [0.717, 1.165) is 0 Å². The molecule has 0 saturated heterocycles. The first-order valence-electron chi connectivity index (χ1n) is 4.23. The summed E-state index contributed by atoms with van der Waals surface area (Å²) in [6, 6.07) is 6.16. The monoisotopic (exact) mass is 257 g/mol. The van der Waals surface area contributed by atoms with E-state index in [4.69, 9.17) is 32.7 Å². The van der Waals surface area contributed by atoms with Crippen LogP contribution in [0.3, 0.4) is 0 Å². The summed E-state index contributed by atoms with van der Waals surface area (Å²) in [5.74, 6) is -0.798. The lowest BCUT2D eigenvalue weighted by Crippen LogP contribution is -2.01. The summed E-state index contributed by atoms with van der Waals surface area (Å²) in [5.41, 5.74) is 0.153. The Balaban J connectivity index is 2.51. The number of carboxylic acid groups (broad SMARTS) is 1. The third kappa shape index (κ3) is 2.03. The van der Waals surface area contributed by atoms with Gasteiger partial charge in [0.25, 0.3) is 0 Å². The first-order chi connectivity index (χ1) is 7.58. The molecule has 0 fully saturated rings. The Morgan fingerprint density at radius 1 is 1.25 bits per heavy atom. The molecule has 0 spiro atoms. The Hall–Kier alpha value is -1.52. The summed E-state index contributed by atoms with van der Waals surface area (Å²) in [4.78, 5) is 14.7. The van der Waals surface area contributed by atoms with Gasteiger partial charge < -0.3 is 9.52 Å². The predicted molar refractivity (Wildman–Crippen MR) is 58.9 cm³/mol. The van der Waals surface area contributed by atoms with Crippen LogP contribution in [0.2, 0.25) is 10.2 Å². The molecule has 0 aliphatic carbocycles. The minimum atomic E-state index is -1.19. The molecule has 0 aliphatic rings. The second-order valence-electron chi connectivity index (χ2n) is 2.94. The fourth-order valence-electron chi connectivity index (χ4n) is 1.18. The quantitative estimate of drug-likeness (QED) is 0.897. The molecule has 0 aliphatic heterocycles. The first kappa shape index (κ1) is 11.0. The molecule has 0 aromatic carbocycles. The molecule has 2 aromatic rings. The number of hydrogen-bond donors (Lipinski definition) is 1. The van der Waals surface area contributed by atoms with Gasteiger partial charge in [-0.2, -0.15) is 0 Å². The van der Waals surface area contributed by atoms with Crippen molar-refractivity contribution in [3.63, 3.8) is 0 Å². The lowest BCUT2D eigenvalue weighted by molar-refractivity contribution is 0.0691. The van der Waals surface area contributed by atoms with Gasteiger partial charge in [-0.05, 0) is 35.9 Å². The topological polar surface area (TPSA) is 63.3 Å². The number of rotatable bonds is 2. The third-order valence-corrected chi connectivity index (χ3v) is 2.38. The van der Waals surface area contributed by atoms with E-state index in [0.29, 0.717) is 11.5 Å². The van der Waals surface area contributed by atoms with Gasteiger partial charge in [-0.1, -0.05) is 11.6 Å². The van der Waals surface area contributed by atoms with Crippen molar-refractivity contribution in [1.82, 2.24) is 4.98 Å². The van der Waals surface area contributed by atoms with Crippen LogP contribution in [-0.4, -0.2) is 16.1 Å². The highest BCUT2D eigenvalue weighted by molar-refractivity contribution is 6.33. The van der Waals surface area contributed by atoms with Gasteiger partial charge in [0, 0.05) is 0 Å². The van der Waals surface area contributed by atoms with Crippen molar-refractivity contribution in [1.29, 1.82) is 0 Å². The van der Waals surface area contributed by atoms with Gasteiger partial charge in [0.2, 0.25) is 0 Å². The molecule has 0 amide bonds.